The van der Waals surface area contributed by atoms with Crippen molar-refractivity contribution in [2.75, 3.05) is 6.61 Å². The van der Waals surface area contributed by atoms with E-state index in [1.54, 1.807) is 0 Å². The average molecular weight is 300 g/mol. The summed E-state index contributed by atoms with van der Waals surface area (Å²) in [5.41, 5.74) is -0.821. The molecule has 100 valence electrons. The van der Waals surface area contributed by atoms with Crippen LogP contribution in [0.3, 0.4) is 0 Å². The molecular weight excluding hydrogens is 286 g/mol. The van der Waals surface area contributed by atoms with Gasteiger partial charge in [0.1, 0.15) is 0 Å². The molecule has 1 aliphatic carbocycles. The topological polar surface area (TPSA) is 9.23 Å². The van der Waals surface area contributed by atoms with E-state index in [0.717, 1.165) is 43.9 Å². The maximum absolute atomic E-state index is 13.3. The Balaban J connectivity index is 0.00000180. The minimum absolute atomic E-state index is 0. The van der Waals surface area contributed by atoms with Crippen molar-refractivity contribution in [3.8, 4) is 5.75 Å². The maximum Gasteiger partial charge on any atom is 1.00 e. The first-order valence-electron chi connectivity index (χ1n) is 6.09. The van der Waals surface area contributed by atoms with Gasteiger partial charge in [-0.2, -0.15) is 0 Å². The van der Waals surface area contributed by atoms with Gasteiger partial charge in [0, 0.05) is 0 Å². The Bertz CT molecular complexity index is 419. The van der Waals surface area contributed by atoms with Crippen LogP contribution in [0.4, 0.5) is 17.3 Å². The summed E-state index contributed by atoms with van der Waals surface area (Å²) in [5, 5.41) is 0. The molecule has 0 amide bonds. The maximum atomic E-state index is 13.3. The van der Waals surface area contributed by atoms with Crippen LogP contribution in [-0.2, 0) is 0 Å². The summed E-state index contributed by atoms with van der Waals surface area (Å²) in [6, 6.07) is 2.32. The van der Waals surface area contributed by atoms with Crippen LogP contribution in [0, 0.1) is 11.7 Å². The van der Waals surface area contributed by atoms with Gasteiger partial charge in [-0.05, 0) is 30.9 Å². The monoisotopic (exact) mass is 300 g/mol. The molecule has 0 spiro atoms. The molecule has 0 radical (unpaired) electrons. The minimum atomic E-state index is -5.11. The summed E-state index contributed by atoms with van der Waals surface area (Å²) >= 11 is 0. The van der Waals surface area contributed by atoms with Gasteiger partial charge in [-0.15, -0.1) is 5.46 Å². The molecule has 1 fully saturated rings. The number of halogens is 4. The quantitative estimate of drug-likeness (QED) is 0.580. The fraction of sp³-hybridized carbons (Fsp3) is 0.500. The van der Waals surface area contributed by atoms with E-state index in [4.69, 9.17) is 4.74 Å². The van der Waals surface area contributed by atoms with Gasteiger partial charge in [-0.3, -0.25) is 0 Å². The summed E-state index contributed by atoms with van der Waals surface area (Å²) in [6.07, 6.45) is 4.24. The Morgan fingerprint density at radius 1 is 1.16 bits per heavy atom. The number of rotatable bonds is 4. The molecule has 1 nitrogen and oxygen atoms in total. The molecule has 1 aromatic rings. The zero-order chi connectivity index (χ0) is 13.2. The van der Waals surface area contributed by atoms with E-state index in [1.807, 2.05) is 0 Å². The third kappa shape index (κ3) is 5.04. The van der Waals surface area contributed by atoms with Crippen LogP contribution in [0.5, 0.6) is 5.75 Å². The Hall–Kier alpha value is 0.441. The molecule has 0 unspecified atom stereocenters. The van der Waals surface area contributed by atoms with Crippen molar-refractivity contribution in [2.45, 2.75) is 25.7 Å². The number of ether oxygens (including phenoxy) is 1. The van der Waals surface area contributed by atoms with Crippen LogP contribution in [0.2, 0.25) is 0 Å². The van der Waals surface area contributed by atoms with Crippen LogP contribution in [0.1, 0.15) is 25.7 Å². The molecule has 2 rings (SSSR count). The Morgan fingerprint density at radius 3 is 2.37 bits per heavy atom. The van der Waals surface area contributed by atoms with E-state index in [1.165, 1.54) is 0 Å². The van der Waals surface area contributed by atoms with Gasteiger partial charge in [0.15, 0.2) is 11.6 Å². The molecule has 19 heavy (non-hydrogen) atoms. The molecule has 1 saturated carbocycles. The first-order chi connectivity index (χ1) is 8.47. The standard InChI is InChI=1S/C12H14BF4O.K/c14-11-6-5-10(13(15,16)17)7-12(11)18-8-9-3-1-2-4-9;/h5-7,9H,1-4,8H2;/q-1;+1. The van der Waals surface area contributed by atoms with E-state index < -0.39 is 18.3 Å². The first-order valence-corrected chi connectivity index (χ1v) is 6.09. The number of hydrogen-bond acceptors (Lipinski definition) is 1. The van der Waals surface area contributed by atoms with Crippen molar-refractivity contribution < 1.29 is 73.5 Å². The van der Waals surface area contributed by atoms with Gasteiger partial charge in [0.25, 0.3) is 0 Å². The van der Waals surface area contributed by atoms with Gasteiger partial charge >= 0.3 is 58.4 Å². The van der Waals surface area contributed by atoms with Gasteiger partial charge in [0.2, 0.25) is 0 Å². The van der Waals surface area contributed by atoms with E-state index in [2.05, 4.69) is 0 Å². The second kappa shape index (κ2) is 7.45. The summed E-state index contributed by atoms with van der Waals surface area (Å²) in [4.78, 5) is 0. The number of hydrogen-bond donors (Lipinski definition) is 0. The van der Waals surface area contributed by atoms with Crippen molar-refractivity contribution in [3.63, 3.8) is 0 Å². The molecular formula is C12H14BF4KO. The summed E-state index contributed by atoms with van der Waals surface area (Å²) in [5.74, 6) is -0.695. The van der Waals surface area contributed by atoms with Gasteiger partial charge in [-0.1, -0.05) is 18.9 Å². The van der Waals surface area contributed by atoms with Crippen molar-refractivity contribution in [2.24, 2.45) is 5.92 Å². The Labute approximate surface area is 152 Å². The fourth-order valence-corrected chi connectivity index (χ4v) is 2.22. The second-order valence-electron chi connectivity index (χ2n) is 4.73. The third-order valence-electron chi connectivity index (χ3n) is 3.28. The van der Waals surface area contributed by atoms with Crippen molar-refractivity contribution in [1.29, 1.82) is 0 Å². The largest absolute Gasteiger partial charge is 1.00 e. The molecule has 0 aliphatic heterocycles. The molecule has 0 saturated heterocycles. The zero-order valence-corrected chi connectivity index (χ0v) is 14.0. The number of benzene rings is 1. The van der Waals surface area contributed by atoms with Crippen molar-refractivity contribution in [3.05, 3.63) is 24.0 Å². The third-order valence-corrected chi connectivity index (χ3v) is 3.28. The van der Waals surface area contributed by atoms with Crippen LogP contribution in [-0.4, -0.2) is 13.6 Å². The normalized spacial score (nSPS) is 16.2. The molecule has 1 aromatic carbocycles. The molecule has 0 aromatic heterocycles. The summed E-state index contributed by atoms with van der Waals surface area (Å²) < 4.78 is 56.1. The Morgan fingerprint density at radius 2 is 1.79 bits per heavy atom. The molecule has 0 heterocycles. The van der Waals surface area contributed by atoms with Crippen LogP contribution < -0.4 is 61.6 Å². The molecule has 0 atom stereocenters. The van der Waals surface area contributed by atoms with Crippen LogP contribution in [0.25, 0.3) is 0 Å². The molecule has 7 heteroatoms. The minimum Gasteiger partial charge on any atom is -0.490 e. The predicted molar refractivity (Wildman–Crippen MR) is 62.6 cm³/mol. The van der Waals surface area contributed by atoms with Gasteiger partial charge < -0.3 is 17.7 Å². The fourth-order valence-electron chi connectivity index (χ4n) is 2.22. The van der Waals surface area contributed by atoms with Gasteiger partial charge in [0.05, 0.1) is 6.61 Å². The van der Waals surface area contributed by atoms with Crippen LogP contribution >= 0.6 is 0 Å². The summed E-state index contributed by atoms with van der Waals surface area (Å²) in [7, 11) is 0. The molecule has 1 aliphatic rings. The van der Waals surface area contributed by atoms with Crippen molar-refractivity contribution in [1.82, 2.24) is 0 Å². The molecule has 0 N–H and O–H groups in total. The molecule has 0 bridgehead atoms. The second-order valence-corrected chi connectivity index (χ2v) is 4.73. The van der Waals surface area contributed by atoms with E-state index in [0.29, 0.717) is 12.5 Å². The first kappa shape index (κ1) is 17.5. The van der Waals surface area contributed by atoms with Crippen LogP contribution in [0.15, 0.2) is 18.2 Å². The van der Waals surface area contributed by atoms with Gasteiger partial charge in [-0.25, -0.2) is 4.39 Å². The average Bonchev–Trinajstić information content (AvgIpc) is 2.79. The summed E-state index contributed by atoms with van der Waals surface area (Å²) in [6.45, 7) is -4.82. The predicted octanol–water partition coefficient (Wildman–Crippen LogP) is 0.453. The smallest absolute Gasteiger partial charge is 0.490 e. The van der Waals surface area contributed by atoms with Crippen molar-refractivity contribution >= 4 is 12.4 Å². The SMILES string of the molecule is Fc1ccc([B-](F)(F)F)cc1OCC1CCCC1.[K+]. The van der Waals surface area contributed by atoms with E-state index >= 15 is 0 Å². The zero-order valence-electron chi connectivity index (χ0n) is 10.8. The Kier molecular flexibility index (Phi) is 6.86. The van der Waals surface area contributed by atoms with E-state index in [9.17, 15) is 17.3 Å². The van der Waals surface area contributed by atoms with E-state index in [-0.39, 0.29) is 57.1 Å².